The maximum Gasteiger partial charge on any atom is 0.129 e. The van der Waals surface area contributed by atoms with Crippen molar-refractivity contribution in [1.29, 1.82) is 0 Å². The second-order valence-electron chi connectivity index (χ2n) is 3.70. The number of aromatic nitrogens is 2. The lowest BCUT2D eigenvalue weighted by atomic mass is 10.1. The van der Waals surface area contributed by atoms with Crippen LogP contribution >= 0.6 is 0 Å². The molecule has 4 nitrogen and oxygen atoms in total. The molecule has 1 aromatic heterocycles. The summed E-state index contributed by atoms with van der Waals surface area (Å²) in [5.41, 5.74) is 0.305. The summed E-state index contributed by atoms with van der Waals surface area (Å²) in [7, 11) is 0. The van der Waals surface area contributed by atoms with E-state index in [9.17, 15) is 9.50 Å². The Kier molecular flexibility index (Phi) is 3.85. The van der Waals surface area contributed by atoms with Gasteiger partial charge in [0, 0.05) is 24.5 Å². The quantitative estimate of drug-likeness (QED) is 0.733. The SMILES string of the molecule is OC(CNCc1ncc[nH]1)c1ccccc1F. The molecule has 90 valence electrons. The molecule has 2 aromatic rings. The fraction of sp³-hybridized carbons (Fsp3) is 0.250. The van der Waals surface area contributed by atoms with E-state index in [1.165, 1.54) is 6.07 Å². The van der Waals surface area contributed by atoms with Crippen molar-refractivity contribution < 1.29 is 9.50 Å². The van der Waals surface area contributed by atoms with E-state index in [1.54, 1.807) is 30.6 Å². The molecule has 1 unspecified atom stereocenters. The number of aliphatic hydroxyl groups is 1. The van der Waals surface area contributed by atoms with Crippen molar-refractivity contribution in [2.24, 2.45) is 0 Å². The summed E-state index contributed by atoms with van der Waals surface area (Å²) in [6.45, 7) is 0.792. The van der Waals surface area contributed by atoms with Crippen LogP contribution in [0.5, 0.6) is 0 Å². The van der Waals surface area contributed by atoms with Crippen LogP contribution in [0.2, 0.25) is 0 Å². The Hall–Kier alpha value is -1.72. The van der Waals surface area contributed by atoms with E-state index >= 15 is 0 Å². The highest BCUT2D eigenvalue weighted by Gasteiger charge is 2.11. The number of imidazole rings is 1. The maximum absolute atomic E-state index is 13.3. The summed E-state index contributed by atoms with van der Waals surface area (Å²) in [4.78, 5) is 6.96. The van der Waals surface area contributed by atoms with Gasteiger partial charge in [0.25, 0.3) is 0 Å². The highest BCUT2D eigenvalue weighted by molar-refractivity contribution is 5.19. The van der Waals surface area contributed by atoms with Crippen molar-refractivity contribution in [3.63, 3.8) is 0 Å². The number of aromatic amines is 1. The minimum Gasteiger partial charge on any atom is -0.387 e. The third kappa shape index (κ3) is 3.12. The van der Waals surface area contributed by atoms with Gasteiger partial charge >= 0.3 is 0 Å². The van der Waals surface area contributed by atoms with Crippen LogP contribution in [0.1, 0.15) is 17.5 Å². The number of hydrogen-bond acceptors (Lipinski definition) is 3. The molecule has 0 saturated heterocycles. The van der Waals surface area contributed by atoms with Crippen molar-refractivity contribution in [1.82, 2.24) is 15.3 Å². The highest BCUT2D eigenvalue weighted by atomic mass is 19.1. The molecule has 1 atom stereocenters. The zero-order valence-electron chi connectivity index (χ0n) is 9.23. The van der Waals surface area contributed by atoms with Gasteiger partial charge in [-0.05, 0) is 6.07 Å². The van der Waals surface area contributed by atoms with Crippen LogP contribution in [0.25, 0.3) is 0 Å². The summed E-state index contributed by atoms with van der Waals surface area (Å²) in [6, 6.07) is 6.22. The molecule has 0 aliphatic carbocycles. The molecular formula is C12H14FN3O. The molecule has 17 heavy (non-hydrogen) atoms. The third-order valence-electron chi connectivity index (χ3n) is 2.45. The second-order valence-corrected chi connectivity index (χ2v) is 3.70. The molecule has 5 heteroatoms. The lowest BCUT2D eigenvalue weighted by Crippen LogP contribution is -2.22. The van der Waals surface area contributed by atoms with Gasteiger partial charge in [0.2, 0.25) is 0 Å². The van der Waals surface area contributed by atoms with Crippen molar-refractivity contribution in [2.75, 3.05) is 6.54 Å². The number of aliphatic hydroxyl groups excluding tert-OH is 1. The number of rotatable bonds is 5. The molecule has 1 aromatic carbocycles. The fourth-order valence-electron chi connectivity index (χ4n) is 1.58. The van der Waals surface area contributed by atoms with E-state index in [2.05, 4.69) is 15.3 Å². The van der Waals surface area contributed by atoms with Crippen LogP contribution in [-0.4, -0.2) is 21.6 Å². The van der Waals surface area contributed by atoms with Crippen molar-refractivity contribution in [3.05, 3.63) is 53.9 Å². The summed E-state index contributed by atoms with van der Waals surface area (Å²) < 4.78 is 13.3. The Labute approximate surface area is 98.5 Å². The molecule has 1 heterocycles. The predicted octanol–water partition coefficient (Wildman–Crippen LogP) is 1.37. The van der Waals surface area contributed by atoms with Crippen molar-refractivity contribution in [3.8, 4) is 0 Å². The number of hydrogen-bond donors (Lipinski definition) is 3. The molecule has 0 aliphatic rings. The summed E-state index contributed by atoms with van der Waals surface area (Å²) in [6.07, 6.45) is 2.53. The lowest BCUT2D eigenvalue weighted by molar-refractivity contribution is 0.169. The molecule has 0 bridgehead atoms. The highest BCUT2D eigenvalue weighted by Crippen LogP contribution is 2.15. The minimum absolute atomic E-state index is 0.279. The number of halogens is 1. The van der Waals surface area contributed by atoms with Crippen LogP contribution in [0.15, 0.2) is 36.7 Å². The monoisotopic (exact) mass is 235 g/mol. The molecule has 0 saturated carbocycles. The van der Waals surface area contributed by atoms with Crippen molar-refractivity contribution in [2.45, 2.75) is 12.6 Å². The topological polar surface area (TPSA) is 60.9 Å². The first kappa shape index (κ1) is 11.8. The minimum atomic E-state index is -0.855. The zero-order valence-corrected chi connectivity index (χ0v) is 9.23. The first-order valence-electron chi connectivity index (χ1n) is 5.39. The standard InChI is InChI=1S/C12H14FN3O/c13-10-4-2-1-3-9(10)11(17)7-14-8-12-15-5-6-16-12/h1-6,11,14,17H,7-8H2,(H,15,16). The number of benzene rings is 1. The third-order valence-corrected chi connectivity index (χ3v) is 2.45. The fourth-order valence-corrected chi connectivity index (χ4v) is 1.58. The first-order chi connectivity index (χ1) is 8.27. The average Bonchev–Trinajstić information content (AvgIpc) is 2.82. The zero-order chi connectivity index (χ0) is 12.1. The Bertz CT molecular complexity index is 459. The Morgan fingerprint density at radius 3 is 2.94 bits per heavy atom. The Balaban J connectivity index is 1.85. The van der Waals surface area contributed by atoms with Gasteiger partial charge in [-0.3, -0.25) is 0 Å². The van der Waals surface area contributed by atoms with Gasteiger partial charge < -0.3 is 15.4 Å². The molecule has 0 radical (unpaired) electrons. The van der Waals surface area contributed by atoms with E-state index in [0.717, 1.165) is 5.82 Å². The molecule has 0 spiro atoms. The van der Waals surface area contributed by atoms with Gasteiger partial charge in [-0.25, -0.2) is 9.37 Å². The van der Waals surface area contributed by atoms with Gasteiger partial charge in [-0.15, -0.1) is 0 Å². The predicted molar refractivity (Wildman–Crippen MR) is 61.7 cm³/mol. The van der Waals surface area contributed by atoms with Crippen LogP contribution in [-0.2, 0) is 6.54 Å². The Morgan fingerprint density at radius 1 is 1.41 bits per heavy atom. The number of nitrogens with zero attached hydrogens (tertiary/aromatic N) is 1. The van der Waals surface area contributed by atoms with E-state index in [4.69, 9.17) is 0 Å². The first-order valence-corrected chi connectivity index (χ1v) is 5.39. The van der Waals surface area contributed by atoms with Gasteiger partial charge in [-0.2, -0.15) is 0 Å². The van der Waals surface area contributed by atoms with Crippen LogP contribution in [0, 0.1) is 5.82 Å². The lowest BCUT2D eigenvalue weighted by Gasteiger charge is -2.12. The van der Waals surface area contributed by atoms with Gasteiger partial charge in [0.15, 0.2) is 0 Å². The van der Waals surface area contributed by atoms with E-state index in [1.807, 2.05) is 0 Å². The van der Waals surface area contributed by atoms with Gasteiger partial charge in [0.1, 0.15) is 11.6 Å². The average molecular weight is 235 g/mol. The van der Waals surface area contributed by atoms with Crippen LogP contribution in [0.4, 0.5) is 4.39 Å². The Morgan fingerprint density at radius 2 is 2.24 bits per heavy atom. The van der Waals surface area contributed by atoms with E-state index < -0.39 is 6.10 Å². The molecule has 0 fully saturated rings. The number of nitrogens with one attached hydrogen (secondary N) is 2. The van der Waals surface area contributed by atoms with Gasteiger partial charge in [0.05, 0.1) is 12.6 Å². The van der Waals surface area contributed by atoms with Crippen LogP contribution in [0.3, 0.4) is 0 Å². The van der Waals surface area contributed by atoms with E-state index in [-0.39, 0.29) is 12.4 Å². The van der Waals surface area contributed by atoms with Gasteiger partial charge in [-0.1, -0.05) is 18.2 Å². The molecule has 0 aliphatic heterocycles. The smallest absolute Gasteiger partial charge is 0.129 e. The second kappa shape index (κ2) is 5.56. The summed E-state index contributed by atoms with van der Waals surface area (Å²) in [5, 5.41) is 12.8. The summed E-state index contributed by atoms with van der Waals surface area (Å²) in [5.74, 6) is 0.394. The number of H-pyrrole nitrogens is 1. The van der Waals surface area contributed by atoms with E-state index in [0.29, 0.717) is 12.1 Å². The largest absolute Gasteiger partial charge is 0.387 e. The molecule has 0 amide bonds. The summed E-state index contributed by atoms with van der Waals surface area (Å²) >= 11 is 0. The molecule has 3 N–H and O–H groups in total. The van der Waals surface area contributed by atoms with Crippen molar-refractivity contribution >= 4 is 0 Å². The molecular weight excluding hydrogens is 221 g/mol. The van der Waals surface area contributed by atoms with Crippen LogP contribution < -0.4 is 5.32 Å². The molecule has 2 rings (SSSR count). The normalized spacial score (nSPS) is 12.6. The maximum atomic E-state index is 13.3.